The van der Waals surface area contributed by atoms with Gasteiger partial charge in [0.1, 0.15) is 0 Å². The number of alkyl halides is 3. The first-order chi connectivity index (χ1) is 18.4. The van der Waals surface area contributed by atoms with Gasteiger partial charge in [-0.05, 0) is 40.5 Å². The molecule has 38 heavy (non-hydrogen) atoms. The maximum atomic E-state index is 13.5. The summed E-state index contributed by atoms with van der Waals surface area (Å²) in [7, 11) is 0. The van der Waals surface area contributed by atoms with Gasteiger partial charge >= 0.3 is 12.2 Å². The van der Waals surface area contributed by atoms with Crippen LogP contribution in [0, 0.1) is 0 Å². The quantitative estimate of drug-likeness (QED) is 0.299. The molecule has 4 nitrogen and oxygen atoms in total. The van der Waals surface area contributed by atoms with Crippen LogP contribution in [0.15, 0.2) is 109 Å². The number of carbonyl (C=O) groups excluding carboxylic acids is 1. The number of anilines is 1. The number of benzene rings is 4. The summed E-state index contributed by atoms with van der Waals surface area (Å²) in [6.45, 7) is 2.52. The van der Waals surface area contributed by atoms with E-state index in [9.17, 15) is 18.0 Å². The Morgan fingerprint density at radius 2 is 1.42 bits per heavy atom. The smallest absolute Gasteiger partial charge is 0.315 e. The number of nitrogens with one attached hydrogen (secondary N) is 1. The monoisotopic (exact) mass is 515 g/mol. The summed E-state index contributed by atoms with van der Waals surface area (Å²) in [5.74, 6) is 0. The van der Waals surface area contributed by atoms with Gasteiger partial charge in [-0.25, -0.2) is 4.79 Å². The third kappa shape index (κ3) is 5.89. The normalized spacial score (nSPS) is 16.3. The molecule has 7 heteroatoms. The van der Waals surface area contributed by atoms with Gasteiger partial charge in [0.2, 0.25) is 0 Å². The van der Waals surface area contributed by atoms with E-state index in [-0.39, 0.29) is 17.6 Å². The zero-order valence-corrected chi connectivity index (χ0v) is 20.7. The molecule has 0 aromatic heterocycles. The molecule has 4 aromatic rings. The number of para-hydroxylation sites is 1. The molecule has 1 heterocycles. The fraction of sp³-hybridized carbons (Fsp3) is 0.194. The van der Waals surface area contributed by atoms with Crippen LogP contribution in [-0.4, -0.2) is 35.5 Å². The molecule has 0 saturated carbocycles. The Balaban J connectivity index is 1.31. The number of piperazine rings is 1. The highest BCUT2D eigenvalue weighted by Crippen LogP contribution is 2.37. The number of carbonyl (C=O) groups is 1. The van der Waals surface area contributed by atoms with Crippen LogP contribution in [0.5, 0.6) is 0 Å². The van der Waals surface area contributed by atoms with Gasteiger partial charge in [-0.1, -0.05) is 91.0 Å². The fourth-order valence-electron chi connectivity index (χ4n) is 4.93. The minimum atomic E-state index is -4.41. The number of nitrogens with zero attached hydrogens (tertiary/aromatic N) is 2. The van der Waals surface area contributed by atoms with E-state index in [1.807, 2.05) is 77.7 Å². The second-order valence-electron chi connectivity index (χ2n) is 9.39. The molecule has 1 atom stereocenters. The van der Waals surface area contributed by atoms with E-state index in [2.05, 4.69) is 10.2 Å². The zero-order chi connectivity index (χ0) is 26.5. The van der Waals surface area contributed by atoms with Gasteiger partial charge in [-0.3, -0.25) is 4.90 Å². The predicted octanol–water partition coefficient (Wildman–Crippen LogP) is 7.46. The minimum absolute atomic E-state index is 0.133. The average Bonchev–Trinajstić information content (AvgIpc) is 2.94. The molecule has 4 aromatic carbocycles. The zero-order valence-electron chi connectivity index (χ0n) is 20.7. The van der Waals surface area contributed by atoms with Crippen molar-refractivity contribution in [3.05, 3.63) is 126 Å². The molecule has 0 spiro atoms. The van der Waals surface area contributed by atoms with E-state index in [0.717, 1.165) is 22.9 Å². The maximum Gasteiger partial charge on any atom is 0.417 e. The molecule has 1 N–H and O–H groups in total. The van der Waals surface area contributed by atoms with Crippen molar-refractivity contribution in [1.82, 2.24) is 9.80 Å². The van der Waals surface area contributed by atoms with Gasteiger partial charge in [0, 0.05) is 31.9 Å². The molecule has 0 bridgehead atoms. The SMILES string of the molecule is O=C(Nc1ccccc1)N1CCN(Cc2ccc(-c3ccccc3C(F)(F)F)cc2)CC1c1ccccc1. The van der Waals surface area contributed by atoms with Crippen molar-refractivity contribution in [3.63, 3.8) is 0 Å². The molecule has 1 unspecified atom stereocenters. The molecule has 0 radical (unpaired) electrons. The summed E-state index contributed by atoms with van der Waals surface area (Å²) in [6, 6.07) is 32.0. The highest BCUT2D eigenvalue weighted by molar-refractivity contribution is 5.89. The van der Waals surface area contributed by atoms with E-state index in [0.29, 0.717) is 31.7 Å². The molecule has 1 fully saturated rings. The van der Waals surface area contributed by atoms with Crippen molar-refractivity contribution in [2.24, 2.45) is 0 Å². The van der Waals surface area contributed by atoms with Crippen LogP contribution in [0.25, 0.3) is 11.1 Å². The molecule has 2 amide bonds. The second kappa shape index (κ2) is 11.1. The van der Waals surface area contributed by atoms with Crippen LogP contribution in [0.3, 0.4) is 0 Å². The third-order valence-corrected chi connectivity index (χ3v) is 6.84. The lowest BCUT2D eigenvalue weighted by Crippen LogP contribution is -2.51. The first-order valence-corrected chi connectivity index (χ1v) is 12.5. The van der Waals surface area contributed by atoms with Crippen molar-refractivity contribution in [1.29, 1.82) is 0 Å². The Bertz CT molecular complexity index is 1360. The fourth-order valence-corrected chi connectivity index (χ4v) is 4.93. The average molecular weight is 516 g/mol. The Labute approximate surface area is 220 Å². The van der Waals surface area contributed by atoms with Crippen molar-refractivity contribution in [2.45, 2.75) is 18.8 Å². The topological polar surface area (TPSA) is 35.6 Å². The maximum absolute atomic E-state index is 13.5. The summed E-state index contributed by atoms with van der Waals surface area (Å²) >= 11 is 0. The molecular weight excluding hydrogens is 487 g/mol. The van der Waals surface area contributed by atoms with Gasteiger partial charge < -0.3 is 10.2 Å². The van der Waals surface area contributed by atoms with Crippen LogP contribution < -0.4 is 5.32 Å². The molecule has 1 saturated heterocycles. The van der Waals surface area contributed by atoms with Crippen LogP contribution in [0.2, 0.25) is 0 Å². The second-order valence-corrected chi connectivity index (χ2v) is 9.39. The first-order valence-electron chi connectivity index (χ1n) is 12.5. The lowest BCUT2D eigenvalue weighted by Gasteiger charge is -2.41. The Kier molecular flexibility index (Phi) is 7.47. The van der Waals surface area contributed by atoms with E-state index in [1.165, 1.54) is 12.1 Å². The lowest BCUT2D eigenvalue weighted by atomic mass is 9.98. The number of hydrogen-bond acceptors (Lipinski definition) is 2. The van der Waals surface area contributed by atoms with E-state index in [4.69, 9.17) is 0 Å². The summed E-state index contributed by atoms with van der Waals surface area (Å²) in [5, 5.41) is 3.00. The van der Waals surface area contributed by atoms with Gasteiger partial charge in [-0.2, -0.15) is 13.2 Å². The minimum Gasteiger partial charge on any atom is -0.315 e. The van der Waals surface area contributed by atoms with Crippen molar-refractivity contribution in [3.8, 4) is 11.1 Å². The van der Waals surface area contributed by atoms with Crippen LogP contribution in [-0.2, 0) is 12.7 Å². The number of urea groups is 1. The predicted molar refractivity (Wildman–Crippen MR) is 144 cm³/mol. The van der Waals surface area contributed by atoms with Gasteiger partial charge in [0.05, 0.1) is 11.6 Å². The van der Waals surface area contributed by atoms with E-state index >= 15 is 0 Å². The number of halogens is 3. The molecule has 1 aliphatic rings. The molecule has 194 valence electrons. The standard InChI is InChI=1S/C31H28F3N3O/c32-31(33,34)28-14-8-7-13-27(28)24-17-15-23(16-18-24)21-36-19-20-37(29(22-36)25-9-3-1-4-10-25)30(38)35-26-11-5-2-6-12-26/h1-18,29H,19-22H2,(H,35,38). The van der Waals surface area contributed by atoms with Crippen molar-refractivity contribution < 1.29 is 18.0 Å². The van der Waals surface area contributed by atoms with Crippen molar-refractivity contribution in [2.75, 3.05) is 25.0 Å². The van der Waals surface area contributed by atoms with E-state index < -0.39 is 11.7 Å². The summed E-state index contributed by atoms with van der Waals surface area (Å²) < 4.78 is 40.4. The summed E-state index contributed by atoms with van der Waals surface area (Å²) in [5.41, 5.74) is 2.88. The Morgan fingerprint density at radius 3 is 2.11 bits per heavy atom. The summed E-state index contributed by atoms with van der Waals surface area (Å²) in [6.07, 6.45) is -4.41. The van der Waals surface area contributed by atoms with Crippen LogP contribution >= 0.6 is 0 Å². The van der Waals surface area contributed by atoms with Gasteiger partial charge in [0.15, 0.2) is 0 Å². The number of hydrogen-bond donors (Lipinski definition) is 1. The molecule has 0 aliphatic carbocycles. The highest BCUT2D eigenvalue weighted by atomic mass is 19.4. The molecular formula is C31H28F3N3O. The molecule has 1 aliphatic heterocycles. The van der Waals surface area contributed by atoms with Crippen LogP contribution in [0.1, 0.15) is 22.7 Å². The summed E-state index contributed by atoms with van der Waals surface area (Å²) in [4.78, 5) is 17.4. The van der Waals surface area contributed by atoms with Gasteiger partial charge in [0.25, 0.3) is 0 Å². The van der Waals surface area contributed by atoms with Crippen LogP contribution in [0.4, 0.5) is 23.7 Å². The number of amides is 2. The largest absolute Gasteiger partial charge is 0.417 e. The molecule has 5 rings (SSSR count). The highest BCUT2D eigenvalue weighted by Gasteiger charge is 2.34. The van der Waals surface area contributed by atoms with Gasteiger partial charge in [-0.15, -0.1) is 0 Å². The Morgan fingerprint density at radius 1 is 0.789 bits per heavy atom. The van der Waals surface area contributed by atoms with E-state index in [1.54, 1.807) is 18.2 Å². The Hall–Kier alpha value is -4.10. The van der Waals surface area contributed by atoms with Crippen molar-refractivity contribution >= 4 is 11.7 Å². The first kappa shape index (κ1) is 25.5. The lowest BCUT2D eigenvalue weighted by molar-refractivity contribution is -0.137. The number of rotatable bonds is 5. The third-order valence-electron chi connectivity index (χ3n) is 6.84.